The molecule has 3 rings (SSSR count). The van der Waals surface area contributed by atoms with Crippen molar-refractivity contribution in [3.63, 3.8) is 0 Å². The van der Waals surface area contributed by atoms with Crippen molar-refractivity contribution in [1.29, 1.82) is 0 Å². The quantitative estimate of drug-likeness (QED) is 0.475. The molecule has 1 aliphatic rings. The highest BCUT2D eigenvalue weighted by molar-refractivity contribution is 5.38. The van der Waals surface area contributed by atoms with Crippen molar-refractivity contribution in [3.8, 4) is 11.6 Å². The van der Waals surface area contributed by atoms with Crippen LogP contribution in [0.5, 0.6) is 11.6 Å². The molecule has 0 radical (unpaired) electrons. The lowest BCUT2D eigenvalue weighted by molar-refractivity contribution is -0.278. The van der Waals surface area contributed by atoms with Crippen LogP contribution in [-0.2, 0) is 11.2 Å². The smallest absolute Gasteiger partial charge is 0.239 e. The molecule has 0 amide bonds. The maximum absolute atomic E-state index is 10.4. The Bertz CT molecular complexity index is 879. The van der Waals surface area contributed by atoms with Crippen molar-refractivity contribution in [2.75, 3.05) is 6.61 Å². The second-order valence-corrected chi connectivity index (χ2v) is 8.71. The van der Waals surface area contributed by atoms with Gasteiger partial charge < -0.3 is 34.6 Å². The van der Waals surface area contributed by atoms with E-state index in [2.05, 4.69) is 5.10 Å². The Kier molecular flexibility index (Phi) is 7.79. The highest BCUT2D eigenvalue weighted by atomic mass is 16.7. The summed E-state index contributed by atoms with van der Waals surface area (Å²) in [5.41, 5.74) is 2.74. The highest BCUT2D eigenvalue weighted by Crippen LogP contribution is 2.31. The molecule has 0 aliphatic carbocycles. The average Bonchev–Trinajstić information content (AvgIpc) is 3.05. The zero-order chi connectivity index (χ0) is 23.6. The van der Waals surface area contributed by atoms with Gasteiger partial charge in [0.1, 0.15) is 30.2 Å². The third-order valence-electron chi connectivity index (χ3n) is 5.48. The fourth-order valence-corrected chi connectivity index (χ4v) is 3.76. The molecule has 9 nitrogen and oxygen atoms in total. The number of benzene rings is 1. The SMILES string of the molecule is Cc1c(Cc2ccc(OC(C)C)cc2)c(O[C@@H]2OC(CO)[C@@H](O)[C@H](O)[C@@H]2O)nn1C(C)C. The molecule has 1 saturated heterocycles. The number of aromatic nitrogens is 2. The van der Waals surface area contributed by atoms with Crippen molar-refractivity contribution < 1.29 is 34.6 Å². The van der Waals surface area contributed by atoms with Gasteiger partial charge in [0, 0.05) is 23.7 Å². The Labute approximate surface area is 188 Å². The van der Waals surface area contributed by atoms with Crippen LogP contribution in [0, 0.1) is 6.92 Å². The maximum atomic E-state index is 10.4. The van der Waals surface area contributed by atoms with E-state index >= 15 is 0 Å². The summed E-state index contributed by atoms with van der Waals surface area (Å²) in [6.07, 6.45) is -6.20. The molecule has 1 aromatic heterocycles. The second kappa shape index (κ2) is 10.2. The monoisotopic (exact) mass is 450 g/mol. The molecule has 5 atom stereocenters. The van der Waals surface area contributed by atoms with E-state index < -0.39 is 37.3 Å². The van der Waals surface area contributed by atoms with Crippen LogP contribution >= 0.6 is 0 Å². The summed E-state index contributed by atoms with van der Waals surface area (Å²) in [7, 11) is 0. The van der Waals surface area contributed by atoms with Crippen LogP contribution in [-0.4, -0.2) is 73.6 Å². The third kappa shape index (κ3) is 5.24. The first-order valence-electron chi connectivity index (χ1n) is 10.9. The van der Waals surface area contributed by atoms with Gasteiger partial charge >= 0.3 is 0 Å². The summed E-state index contributed by atoms with van der Waals surface area (Å²) >= 11 is 0. The lowest BCUT2D eigenvalue weighted by atomic mass is 9.99. The van der Waals surface area contributed by atoms with E-state index in [-0.39, 0.29) is 18.0 Å². The van der Waals surface area contributed by atoms with E-state index in [0.717, 1.165) is 22.6 Å². The zero-order valence-corrected chi connectivity index (χ0v) is 19.2. The van der Waals surface area contributed by atoms with E-state index in [9.17, 15) is 20.4 Å². The van der Waals surface area contributed by atoms with Gasteiger partial charge in [0.05, 0.1) is 12.7 Å². The van der Waals surface area contributed by atoms with E-state index in [1.165, 1.54) is 0 Å². The minimum atomic E-state index is -1.52. The van der Waals surface area contributed by atoms with E-state index in [1.807, 2.05) is 63.6 Å². The van der Waals surface area contributed by atoms with Crippen molar-refractivity contribution >= 4 is 0 Å². The number of aliphatic hydroxyl groups excluding tert-OH is 4. The van der Waals surface area contributed by atoms with Crippen LogP contribution in [0.25, 0.3) is 0 Å². The van der Waals surface area contributed by atoms with Crippen LogP contribution < -0.4 is 9.47 Å². The van der Waals surface area contributed by atoms with Crippen LogP contribution in [0.2, 0.25) is 0 Å². The minimum Gasteiger partial charge on any atom is -0.491 e. The molecule has 1 unspecified atom stereocenters. The van der Waals surface area contributed by atoms with Gasteiger partial charge in [-0.05, 0) is 52.3 Å². The largest absolute Gasteiger partial charge is 0.491 e. The summed E-state index contributed by atoms with van der Waals surface area (Å²) in [5, 5.41) is 44.4. The summed E-state index contributed by atoms with van der Waals surface area (Å²) in [4.78, 5) is 0. The molecule has 9 heteroatoms. The first-order chi connectivity index (χ1) is 15.1. The number of nitrogens with zero attached hydrogens (tertiary/aromatic N) is 2. The second-order valence-electron chi connectivity index (χ2n) is 8.71. The highest BCUT2D eigenvalue weighted by Gasteiger charge is 2.45. The van der Waals surface area contributed by atoms with Gasteiger partial charge in [-0.2, -0.15) is 0 Å². The average molecular weight is 451 g/mol. The molecule has 1 aromatic carbocycles. The molecule has 2 heterocycles. The predicted molar refractivity (Wildman–Crippen MR) is 117 cm³/mol. The summed E-state index contributed by atoms with van der Waals surface area (Å²) < 4.78 is 18.9. The normalized spacial score (nSPS) is 26.0. The molecule has 4 N–H and O–H groups in total. The molecule has 0 spiro atoms. The lowest BCUT2D eigenvalue weighted by Crippen LogP contribution is -2.60. The first-order valence-corrected chi connectivity index (χ1v) is 10.9. The van der Waals surface area contributed by atoms with Crippen molar-refractivity contribution in [2.45, 2.75) is 83.9 Å². The van der Waals surface area contributed by atoms with Gasteiger partial charge in [-0.1, -0.05) is 12.1 Å². The van der Waals surface area contributed by atoms with Crippen molar-refractivity contribution in [3.05, 3.63) is 41.1 Å². The maximum Gasteiger partial charge on any atom is 0.239 e. The zero-order valence-electron chi connectivity index (χ0n) is 19.2. The molecule has 178 valence electrons. The van der Waals surface area contributed by atoms with E-state index in [1.54, 1.807) is 0 Å². The standard InChI is InChI=1S/C23H34N2O7/c1-12(2)25-14(5)17(10-15-6-8-16(9-7-15)30-13(3)4)22(24-25)32-23-21(29)20(28)19(27)18(11-26)31-23/h6-9,12-13,18-21,23,26-29H,10-11H2,1-5H3/t18?,19-,20+,21+,23+/m1/s1. The molecule has 32 heavy (non-hydrogen) atoms. The molecule has 1 fully saturated rings. The van der Waals surface area contributed by atoms with Gasteiger partial charge in [-0.3, -0.25) is 4.68 Å². The number of hydrogen-bond acceptors (Lipinski definition) is 8. The molecule has 0 saturated carbocycles. The minimum absolute atomic E-state index is 0.0720. The number of rotatable bonds is 8. The fourth-order valence-electron chi connectivity index (χ4n) is 3.76. The van der Waals surface area contributed by atoms with Gasteiger partial charge in [-0.25, -0.2) is 0 Å². The molecule has 0 bridgehead atoms. The van der Waals surface area contributed by atoms with Gasteiger partial charge in [-0.15, -0.1) is 5.10 Å². The summed E-state index contributed by atoms with van der Waals surface area (Å²) in [6, 6.07) is 7.84. The third-order valence-corrected chi connectivity index (χ3v) is 5.48. The Hall–Kier alpha value is -2.17. The first kappa shape index (κ1) is 24.5. The Morgan fingerprint density at radius 1 is 1.03 bits per heavy atom. The van der Waals surface area contributed by atoms with E-state index in [4.69, 9.17) is 14.2 Å². The number of ether oxygens (including phenoxy) is 3. The molecule has 1 aliphatic heterocycles. The number of aliphatic hydroxyl groups is 4. The Morgan fingerprint density at radius 2 is 1.69 bits per heavy atom. The van der Waals surface area contributed by atoms with Gasteiger partial charge in [0.15, 0.2) is 0 Å². The van der Waals surface area contributed by atoms with Crippen molar-refractivity contribution in [2.24, 2.45) is 0 Å². The van der Waals surface area contributed by atoms with Crippen LogP contribution in [0.3, 0.4) is 0 Å². The van der Waals surface area contributed by atoms with E-state index in [0.29, 0.717) is 6.42 Å². The summed E-state index contributed by atoms with van der Waals surface area (Å²) in [6.45, 7) is 9.36. The Morgan fingerprint density at radius 3 is 2.25 bits per heavy atom. The predicted octanol–water partition coefficient (Wildman–Crippen LogP) is 1.33. The fraction of sp³-hybridized carbons (Fsp3) is 0.609. The molecule has 2 aromatic rings. The molecular weight excluding hydrogens is 416 g/mol. The van der Waals surface area contributed by atoms with Gasteiger partial charge in [0.25, 0.3) is 0 Å². The Balaban J connectivity index is 1.87. The molecular formula is C23H34N2O7. The van der Waals surface area contributed by atoms with Crippen LogP contribution in [0.4, 0.5) is 0 Å². The topological polar surface area (TPSA) is 126 Å². The summed E-state index contributed by atoms with van der Waals surface area (Å²) in [5.74, 6) is 1.05. The lowest BCUT2D eigenvalue weighted by Gasteiger charge is -2.39. The van der Waals surface area contributed by atoms with Crippen molar-refractivity contribution in [1.82, 2.24) is 9.78 Å². The van der Waals surface area contributed by atoms with Crippen LogP contribution in [0.15, 0.2) is 24.3 Å². The van der Waals surface area contributed by atoms with Gasteiger partial charge in [0.2, 0.25) is 12.2 Å². The number of hydrogen-bond donors (Lipinski definition) is 4. The van der Waals surface area contributed by atoms with Crippen LogP contribution in [0.1, 0.15) is 50.6 Å².